The van der Waals surface area contributed by atoms with Crippen molar-refractivity contribution in [3.05, 3.63) is 59.9 Å². The molecule has 0 unspecified atom stereocenters. The maximum atomic E-state index is 12.8. The molecule has 2 aromatic carbocycles. The molecule has 1 atom stereocenters. The number of benzene rings is 2. The van der Waals surface area contributed by atoms with Crippen molar-refractivity contribution < 1.29 is 14.1 Å². The van der Waals surface area contributed by atoms with Crippen molar-refractivity contribution in [3.63, 3.8) is 0 Å². The van der Waals surface area contributed by atoms with Crippen LogP contribution in [0.1, 0.15) is 31.2 Å². The molecule has 1 aliphatic rings. The quantitative estimate of drug-likeness (QED) is 0.612. The Morgan fingerprint density at radius 2 is 1.88 bits per heavy atom. The molecule has 1 saturated heterocycles. The maximum absolute atomic E-state index is 12.8. The van der Waals surface area contributed by atoms with Crippen molar-refractivity contribution in [3.8, 4) is 11.5 Å². The molecular formula is C24H27N5O3. The average molecular weight is 434 g/mol. The number of carbonyl (C=O) groups is 2. The highest BCUT2D eigenvalue weighted by Gasteiger charge is 2.27. The summed E-state index contributed by atoms with van der Waals surface area (Å²) in [4.78, 5) is 30.8. The number of likely N-dealkylation sites (tertiary alicyclic amines) is 1. The van der Waals surface area contributed by atoms with E-state index < -0.39 is 0 Å². The third-order valence-corrected chi connectivity index (χ3v) is 5.46. The van der Waals surface area contributed by atoms with Crippen LogP contribution in [-0.4, -0.2) is 39.9 Å². The van der Waals surface area contributed by atoms with E-state index in [-0.39, 0.29) is 17.7 Å². The van der Waals surface area contributed by atoms with Crippen LogP contribution in [0.3, 0.4) is 0 Å². The molecule has 4 rings (SSSR count). The zero-order chi connectivity index (χ0) is 22.5. The van der Waals surface area contributed by atoms with Crippen LogP contribution in [0, 0.1) is 12.8 Å². The highest BCUT2D eigenvalue weighted by molar-refractivity contribution is 5.94. The van der Waals surface area contributed by atoms with Crippen LogP contribution < -0.4 is 10.6 Å². The zero-order valence-corrected chi connectivity index (χ0v) is 18.3. The number of aromatic nitrogens is 2. The summed E-state index contributed by atoms with van der Waals surface area (Å²) in [7, 11) is 0. The van der Waals surface area contributed by atoms with Crippen molar-refractivity contribution >= 4 is 23.2 Å². The number of nitrogens with zero attached hydrogens (tertiary/aromatic N) is 3. The number of piperidine rings is 1. The molecule has 8 nitrogen and oxygen atoms in total. The van der Waals surface area contributed by atoms with Gasteiger partial charge in [0.15, 0.2) is 5.82 Å². The van der Waals surface area contributed by atoms with Crippen LogP contribution in [0.5, 0.6) is 0 Å². The first-order valence-corrected chi connectivity index (χ1v) is 10.8. The Morgan fingerprint density at radius 1 is 1.12 bits per heavy atom. The first-order chi connectivity index (χ1) is 15.5. The fourth-order valence-corrected chi connectivity index (χ4v) is 3.87. The normalized spacial score (nSPS) is 16.5. The third-order valence-electron chi connectivity index (χ3n) is 5.46. The summed E-state index contributed by atoms with van der Waals surface area (Å²) < 4.78 is 5.43. The lowest BCUT2D eigenvalue weighted by Gasteiger charge is -2.31. The standard InChI is InChI=1S/C24H27N5O3/c1-16-8-10-18(11-9-16)24-27-22(28-32-24)15-29-12-4-5-19(14-29)23(31)26-21-7-3-6-20(13-21)25-17(2)30/h3,6-11,13,19H,4-5,12,14-15H2,1-2H3,(H,25,30)(H,26,31)/t19-/m0/s1. The Morgan fingerprint density at radius 3 is 2.62 bits per heavy atom. The van der Waals surface area contributed by atoms with Crippen LogP contribution in [0.25, 0.3) is 11.5 Å². The Kier molecular flexibility index (Phi) is 6.61. The van der Waals surface area contributed by atoms with E-state index in [1.54, 1.807) is 18.2 Å². The monoisotopic (exact) mass is 433 g/mol. The van der Waals surface area contributed by atoms with Gasteiger partial charge in [-0.2, -0.15) is 4.98 Å². The molecule has 0 aliphatic carbocycles. The molecule has 8 heteroatoms. The van der Waals surface area contributed by atoms with Crippen LogP contribution in [0.15, 0.2) is 53.1 Å². The molecule has 0 spiro atoms. The first-order valence-electron chi connectivity index (χ1n) is 10.8. The molecule has 1 aliphatic heterocycles. The highest BCUT2D eigenvalue weighted by atomic mass is 16.5. The van der Waals surface area contributed by atoms with Gasteiger partial charge in [-0.05, 0) is 56.6 Å². The molecule has 3 aromatic rings. The molecular weight excluding hydrogens is 406 g/mol. The molecule has 1 aromatic heterocycles. The van der Waals surface area contributed by atoms with E-state index in [0.717, 1.165) is 24.9 Å². The summed E-state index contributed by atoms with van der Waals surface area (Å²) in [6.07, 6.45) is 1.75. The van der Waals surface area contributed by atoms with Crippen molar-refractivity contribution in [2.75, 3.05) is 23.7 Å². The number of aryl methyl sites for hydroxylation is 1. The van der Waals surface area contributed by atoms with Gasteiger partial charge in [-0.25, -0.2) is 0 Å². The molecule has 166 valence electrons. The highest BCUT2D eigenvalue weighted by Crippen LogP contribution is 2.23. The topological polar surface area (TPSA) is 100 Å². The van der Waals surface area contributed by atoms with E-state index in [2.05, 4.69) is 25.7 Å². The largest absolute Gasteiger partial charge is 0.334 e. The van der Waals surface area contributed by atoms with Gasteiger partial charge < -0.3 is 15.2 Å². The van der Waals surface area contributed by atoms with Crippen molar-refractivity contribution in [2.24, 2.45) is 5.92 Å². The van der Waals surface area contributed by atoms with E-state index in [1.807, 2.05) is 37.3 Å². The third kappa shape index (κ3) is 5.59. The first kappa shape index (κ1) is 21.7. The molecule has 0 radical (unpaired) electrons. The van der Waals surface area contributed by atoms with Crippen molar-refractivity contribution in [1.29, 1.82) is 0 Å². The van der Waals surface area contributed by atoms with Gasteiger partial charge in [-0.1, -0.05) is 28.9 Å². The average Bonchev–Trinajstić information content (AvgIpc) is 3.22. The number of nitrogens with one attached hydrogen (secondary N) is 2. The molecule has 0 bridgehead atoms. The fraction of sp³-hybridized carbons (Fsp3) is 0.333. The minimum Gasteiger partial charge on any atom is -0.334 e. The SMILES string of the molecule is CC(=O)Nc1cccc(NC(=O)[C@H]2CCCN(Cc3noc(-c4ccc(C)cc4)n3)C2)c1. The number of anilines is 2. The second-order valence-corrected chi connectivity index (χ2v) is 8.21. The van der Waals surface area contributed by atoms with Gasteiger partial charge in [0.05, 0.1) is 12.5 Å². The van der Waals surface area contributed by atoms with Crippen molar-refractivity contribution in [1.82, 2.24) is 15.0 Å². The van der Waals surface area contributed by atoms with Gasteiger partial charge in [0.1, 0.15) is 0 Å². The number of rotatable bonds is 6. The van der Waals surface area contributed by atoms with Crippen LogP contribution in [0.2, 0.25) is 0 Å². The summed E-state index contributed by atoms with van der Waals surface area (Å²) in [5.41, 5.74) is 3.39. The number of hydrogen-bond acceptors (Lipinski definition) is 6. The van der Waals surface area contributed by atoms with Gasteiger partial charge in [-0.3, -0.25) is 14.5 Å². The number of amides is 2. The van der Waals surface area contributed by atoms with E-state index in [1.165, 1.54) is 12.5 Å². The Bertz CT molecular complexity index is 1090. The van der Waals surface area contributed by atoms with Crippen LogP contribution >= 0.6 is 0 Å². The lowest BCUT2D eigenvalue weighted by Crippen LogP contribution is -2.40. The lowest BCUT2D eigenvalue weighted by atomic mass is 9.97. The fourth-order valence-electron chi connectivity index (χ4n) is 3.87. The molecule has 32 heavy (non-hydrogen) atoms. The molecule has 2 heterocycles. The van der Waals surface area contributed by atoms with Gasteiger partial charge in [0.2, 0.25) is 11.8 Å². The smallest absolute Gasteiger partial charge is 0.257 e. The summed E-state index contributed by atoms with van der Waals surface area (Å²) >= 11 is 0. The predicted molar refractivity (Wildman–Crippen MR) is 122 cm³/mol. The predicted octanol–water partition coefficient (Wildman–Crippen LogP) is 3.85. The minimum absolute atomic E-state index is 0.0249. The second kappa shape index (κ2) is 9.74. The summed E-state index contributed by atoms with van der Waals surface area (Å²) in [5, 5.41) is 9.82. The molecule has 2 amide bonds. The summed E-state index contributed by atoms with van der Waals surface area (Å²) in [6.45, 7) is 5.54. The Hall–Kier alpha value is -3.52. The second-order valence-electron chi connectivity index (χ2n) is 8.21. The molecule has 1 fully saturated rings. The molecule has 0 saturated carbocycles. The van der Waals surface area contributed by atoms with E-state index in [9.17, 15) is 9.59 Å². The van der Waals surface area contributed by atoms with Crippen LogP contribution in [-0.2, 0) is 16.1 Å². The van der Waals surface area contributed by atoms with Gasteiger partial charge in [0, 0.05) is 30.4 Å². The Labute approximate surface area is 187 Å². The zero-order valence-electron chi connectivity index (χ0n) is 18.3. The van der Waals surface area contributed by atoms with E-state index >= 15 is 0 Å². The van der Waals surface area contributed by atoms with Gasteiger partial charge in [-0.15, -0.1) is 0 Å². The molecule has 2 N–H and O–H groups in total. The van der Waals surface area contributed by atoms with E-state index in [0.29, 0.717) is 36.2 Å². The van der Waals surface area contributed by atoms with Crippen LogP contribution in [0.4, 0.5) is 11.4 Å². The minimum atomic E-state index is -0.150. The van der Waals surface area contributed by atoms with Gasteiger partial charge >= 0.3 is 0 Å². The lowest BCUT2D eigenvalue weighted by molar-refractivity contribution is -0.121. The Balaban J connectivity index is 1.35. The maximum Gasteiger partial charge on any atom is 0.257 e. The number of carbonyl (C=O) groups excluding carboxylic acids is 2. The van der Waals surface area contributed by atoms with E-state index in [4.69, 9.17) is 4.52 Å². The summed E-state index contributed by atoms with van der Waals surface area (Å²) in [5.74, 6) is 0.818. The van der Waals surface area contributed by atoms with Crippen molar-refractivity contribution in [2.45, 2.75) is 33.2 Å². The summed E-state index contributed by atoms with van der Waals surface area (Å²) in [6, 6.07) is 15.1. The van der Waals surface area contributed by atoms with Gasteiger partial charge in [0.25, 0.3) is 5.89 Å². The number of hydrogen-bond donors (Lipinski definition) is 2.